The standard InChI is InChI=1S/C17H13BrClF2NO4/c18-11-3-1-10(2-4-11)7-16(24)25-9-15(23)22-12-5-6-14(13(19)8-12)26-17(20)21/h1-6,8,17H,7,9H2,(H,22,23). The second-order valence-electron chi connectivity index (χ2n) is 5.04. The third kappa shape index (κ3) is 6.61. The monoisotopic (exact) mass is 447 g/mol. The lowest BCUT2D eigenvalue weighted by Crippen LogP contribution is -2.21. The van der Waals surface area contributed by atoms with Gasteiger partial charge in [0.1, 0.15) is 5.75 Å². The van der Waals surface area contributed by atoms with E-state index in [1.165, 1.54) is 18.2 Å². The molecule has 1 amide bonds. The number of benzene rings is 2. The van der Waals surface area contributed by atoms with Crippen molar-refractivity contribution in [1.29, 1.82) is 0 Å². The molecule has 5 nitrogen and oxygen atoms in total. The molecule has 0 bridgehead atoms. The van der Waals surface area contributed by atoms with Crippen LogP contribution in [0.4, 0.5) is 14.5 Å². The molecule has 9 heteroatoms. The van der Waals surface area contributed by atoms with E-state index < -0.39 is 25.1 Å². The van der Waals surface area contributed by atoms with E-state index in [1.807, 2.05) is 0 Å². The Bertz CT molecular complexity index is 787. The van der Waals surface area contributed by atoms with Crippen molar-refractivity contribution >= 4 is 45.1 Å². The zero-order valence-electron chi connectivity index (χ0n) is 13.2. The number of hydrogen-bond acceptors (Lipinski definition) is 4. The van der Waals surface area contributed by atoms with Gasteiger partial charge in [-0.15, -0.1) is 0 Å². The summed E-state index contributed by atoms with van der Waals surface area (Å²) in [5.41, 5.74) is 1.01. The summed E-state index contributed by atoms with van der Waals surface area (Å²) in [7, 11) is 0. The van der Waals surface area contributed by atoms with Gasteiger partial charge in [-0.2, -0.15) is 8.78 Å². The van der Waals surface area contributed by atoms with Crippen LogP contribution in [0.25, 0.3) is 0 Å². The minimum Gasteiger partial charge on any atom is -0.455 e. The summed E-state index contributed by atoms with van der Waals surface area (Å²) in [6, 6.07) is 10.9. The molecular formula is C17H13BrClF2NO4. The van der Waals surface area contributed by atoms with Crippen molar-refractivity contribution in [2.75, 3.05) is 11.9 Å². The molecule has 0 aliphatic rings. The number of carbonyl (C=O) groups is 2. The van der Waals surface area contributed by atoms with Crippen molar-refractivity contribution in [2.24, 2.45) is 0 Å². The van der Waals surface area contributed by atoms with Crippen molar-refractivity contribution in [3.8, 4) is 5.75 Å². The summed E-state index contributed by atoms with van der Waals surface area (Å²) >= 11 is 9.08. The van der Waals surface area contributed by atoms with Gasteiger partial charge in [-0.1, -0.05) is 39.7 Å². The average Bonchev–Trinajstić information content (AvgIpc) is 2.57. The fraction of sp³-hybridized carbons (Fsp3) is 0.176. The number of alkyl halides is 2. The van der Waals surface area contributed by atoms with Gasteiger partial charge >= 0.3 is 12.6 Å². The van der Waals surface area contributed by atoms with Crippen molar-refractivity contribution < 1.29 is 27.8 Å². The van der Waals surface area contributed by atoms with Crippen LogP contribution in [-0.4, -0.2) is 25.1 Å². The molecule has 1 N–H and O–H groups in total. The Morgan fingerprint density at radius 2 is 1.85 bits per heavy atom. The van der Waals surface area contributed by atoms with Gasteiger partial charge in [0.2, 0.25) is 0 Å². The number of carbonyl (C=O) groups excluding carboxylic acids is 2. The van der Waals surface area contributed by atoms with Gasteiger partial charge in [0.05, 0.1) is 11.4 Å². The number of ether oxygens (including phenoxy) is 2. The van der Waals surface area contributed by atoms with Crippen LogP contribution in [-0.2, 0) is 20.7 Å². The predicted molar refractivity (Wildman–Crippen MR) is 95.5 cm³/mol. The molecule has 0 saturated heterocycles. The SMILES string of the molecule is O=C(COC(=O)Cc1ccc(Br)cc1)Nc1ccc(OC(F)F)c(Cl)c1. The van der Waals surface area contributed by atoms with Crippen LogP contribution in [0.2, 0.25) is 5.02 Å². The van der Waals surface area contributed by atoms with E-state index in [-0.39, 0.29) is 22.9 Å². The highest BCUT2D eigenvalue weighted by molar-refractivity contribution is 9.10. The van der Waals surface area contributed by atoms with E-state index in [0.29, 0.717) is 0 Å². The second-order valence-corrected chi connectivity index (χ2v) is 6.36. The average molecular weight is 449 g/mol. The Labute approximate surface area is 161 Å². The molecule has 2 aromatic carbocycles. The Balaban J connectivity index is 1.82. The van der Waals surface area contributed by atoms with Crippen molar-refractivity contribution in [2.45, 2.75) is 13.0 Å². The van der Waals surface area contributed by atoms with Gasteiger partial charge in [0.15, 0.2) is 6.61 Å². The molecule has 0 radical (unpaired) electrons. The molecule has 138 valence electrons. The highest BCUT2D eigenvalue weighted by atomic mass is 79.9. The summed E-state index contributed by atoms with van der Waals surface area (Å²) in [5.74, 6) is -1.35. The molecule has 0 fully saturated rings. The first kappa shape index (κ1) is 20.1. The third-order valence-corrected chi connectivity index (χ3v) is 3.88. The summed E-state index contributed by atoms with van der Waals surface area (Å²) < 4.78 is 34.3. The molecule has 0 unspecified atom stereocenters. The number of nitrogens with one attached hydrogen (secondary N) is 1. The lowest BCUT2D eigenvalue weighted by Gasteiger charge is -2.10. The highest BCUT2D eigenvalue weighted by Gasteiger charge is 2.12. The quantitative estimate of drug-likeness (QED) is 0.637. The third-order valence-electron chi connectivity index (χ3n) is 3.06. The fourth-order valence-corrected chi connectivity index (χ4v) is 2.42. The van der Waals surface area contributed by atoms with Gasteiger partial charge in [0, 0.05) is 10.2 Å². The molecule has 0 saturated carbocycles. The highest BCUT2D eigenvalue weighted by Crippen LogP contribution is 2.28. The molecule has 0 atom stereocenters. The molecule has 0 heterocycles. The molecule has 2 rings (SSSR count). The molecular weight excluding hydrogens is 436 g/mol. The number of hydrogen-bond donors (Lipinski definition) is 1. The number of amides is 1. The van der Waals surface area contributed by atoms with E-state index in [1.54, 1.807) is 24.3 Å². The lowest BCUT2D eigenvalue weighted by atomic mass is 10.2. The first-order valence-electron chi connectivity index (χ1n) is 7.28. The topological polar surface area (TPSA) is 64.6 Å². The predicted octanol–water partition coefficient (Wildman–Crippen LogP) is 4.43. The number of halogens is 4. The van der Waals surface area contributed by atoms with E-state index in [2.05, 4.69) is 26.0 Å². The lowest BCUT2D eigenvalue weighted by molar-refractivity contribution is -0.146. The van der Waals surface area contributed by atoms with Crippen molar-refractivity contribution in [1.82, 2.24) is 0 Å². The maximum Gasteiger partial charge on any atom is 0.387 e. The zero-order chi connectivity index (χ0) is 19.1. The van der Waals surface area contributed by atoms with E-state index in [0.717, 1.165) is 10.0 Å². The molecule has 0 spiro atoms. The maximum absolute atomic E-state index is 12.2. The summed E-state index contributed by atoms with van der Waals surface area (Å²) in [5, 5.41) is 2.35. The second kappa shape index (κ2) is 9.49. The van der Waals surface area contributed by atoms with E-state index in [4.69, 9.17) is 16.3 Å². The van der Waals surface area contributed by atoms with Crippen LogP contribution < -0.4 is 10.1 Å². The largest absolute Gasteiger partial charge is 0.455 e. The number of anilines is 1. The first-order chi connectivity index (χ1) is 12.3. The zero-order valence-corrected chi connectivity index (χ0v) is 15.5. The summed E-state index contributed by atoms with van der Waals surface area (Å²) in [4.78, 5) is 23.5. The van der Waals surface area contributed by atoms with Gasteiger partial charge in [-0.25, -0.2) is 0 Å². The van der Waals surface area contributed by atoms with Crippen LogP contribution >= 0.6 is 27.5 Å². The van der Waals surface area contributed by atoms with Crippen LogP contribution in [0.1, 0.15) is 5.56 Å². The minimum absolute atomic E-state index is 0.0338. The minimum atomic E-state index is -3.00. The first-order valence-corrected chi connectivity index (χ1v) is 8.45. The van der Waals surface area contributed by atoms with Crippen LogP contribution in [0.5, 0.6) is 5.75 Å². The van der Waals surface area contributed by atoms with E-state index in [9.17, 15) is 18.4 Å². The van der Waals surface area contributed by atoms with Gasteiger partial charge in [0.25, 0.3) is 5.91 Å². The Kier molecular flexibility index (Phi) is 7.35. The molecule has 0 aliphatic heterocycles. The van der Waals surface area contributed by atoms with Gasteiger partial charge < -0.3 is 14.8 Å². The van der Waals surface area contributed by atoms with E-state index >= 15 is 0 Å². The molecule has 26 heavy (non-hydrogen) atoms. The Hall–Kier alpha value is -2.19. The van der Waals surface area contributed by atoms with Gasteiger partial charge in [-0.3, -0.25) is 9.59 Å². The molecule has 2 aromatic rings. The fourth-order valence-electron chi connectivity index (χ4n) is 1.93. The smallest absolute Gasteiger partial charge is 0.387 e. The number of rotatable bonds is 7. The summed E-state index contributed by atoms with van der Waals surface area (Å²) in [6.07, 6.45) is 0.0338. The maximum atomic E-state index is 12.2. The van der Waals surface area contributed by atoms with Crippen molar-refractivity contribution in [3.05, 3.63) is 57.5 Å². The summed E-state index contributed by atoms with van der Waals surface area (Å²) in [6.45, 7) is -3.49. The van der Waals surface area contributed by atoms with Crippen molar-refractivity contribution in [3.63, 3.8) is 0 Å². The van der Waals surface area contributed by atoms with Crippen LogP contribution in [0.3, 0.4) is 0 Å². The van der Waals surface area contributed by atoms with Crippen LogP contribution in [0.15, 0.2) is 46.9 Å². The molecule has 0 aromatic heterocycles. The van der Waals surface area contributed by atoms with Gasteiger partial charge in [-0.05, 0) is 35.9 Å². The Morgan fingerprint density at radius 1 is 1.15 bits per heavy atom. The normalized spacial score (nSPS) is 10.5. The molecule has 0 aliphatic carbocycles. The number of esters is 1. The Morgan fingerprint density at radius 3 is 2.46 bits per heavy atom. The van der Waals surface area contributed by atoms with Crippen LogP contribution in [0, 0.1) is 0 Å².